The first-order chi connectivity index (χ1) is 4.97. The second kappa shape index (κ2) is 2.45. The van der Waals surface area contributed by atoms with E-state index in [0.29, 0.717) is 6.04 Å². The zero-order chi connectivity index (χ0) is 6.81. The van der Waals surface area contributed by atoms with Gasteiger partial charge in [-0.25, -0.2) is 0 Å². The summed E-state index contributed by atoms with van der Waals surface area (Å²) >= 11 is 0. The van der Waals surface area contributed by atoms with E-state index in [1.807, 2.05) is 6.21 Å². The third-order valence-corrected chi connectivity index (χ3v) is 2.26. The molecule has 54 valence electrons. The molecule has 2 nitrogen and oxygen atoms in total. The lowest BCUT2D eigenvalue weighted by atomic mass is 9.90. The molecule has 0 aliphatic carbocycles. The molecule has 0 bridgehead atoms. The van der Waals surface area contributed by atoms with Crippen molar-refractivity contribution in [3.63, 3.8) is 0 Å². The van der Waals surface area contributed by atoms with Crippen LogP contribution in [0.5, 0.6) is 0 Å². The van der Waals surface area contributed by atoms with Crippen LogP contribution in [-0.2, 0) is 0 Å². The van der Waals surface area contributed by atoms with Gasteiger partial charge in [0.25, 0.3) is 0 Å². The van der Waals surface area contributed by atoms with Crippen LogP contribution in [0.25, 0.3) is 0 Å². The van der Waals surface area contributed by atoms with Crippen LogP contribution in [0, 0.1) is 5.92 Å². The Bertz CT molecular complexity index is 136. The van der Waals surface area contributed by atoms with Crippen molar-refractivity contribution < 1.29 is 0 Å². The van der Waals surface area contributed by atoms with E-state index in [1.54, 1.807) is 0 Å². The van der Waals surface area contributed by atoms with Crippen LogP contribution in [0.15, 0.2) is 17.3 Å². The maximum absolute atomic E-state index is 4.26. The third kappa shape index (κ3) is 0.939. The lowest BCUT2D eigenvalue weighted by molar-refractivity contribution is 0.375. The van der Waals surface area contributed by atoms with Gasteiger partial charge in [-0.05, 0) is 12.6 Å². The Labute approximate surface area is 61.0 Å². The normalized spacial score (nSPS) is 36.8. The summed E-state index contributed by atoms with van der Waals surface area (Å²) in [7, 11) is 0. The molecule has 0 saturated heterocycles. The van der Waals surface area contributed by atoms with Gasteiger partial charge in [0.1, 0.15) is 0 Å². The fourth-order valence-corrected chi connectivity index (χ4v) is 1.60. The molecule has 2 rings (SSSR count). The van der Waals surface area contributed by atoms with Crippen molar-refractivity contribution in [1.29, 1.82) is 0 Å². The first-order valence-corrected chi connectivity index (χ1v) is 3.86. The van der Waals surface area contributed by atoms with Gasteiger partial charge in [0.2, 0.25) is 0 Å². The van der Waals surface area contributed by atoms with Crippen molar-refractivity contribution in [2.24, 2.45) is 10.9 Å². The molecule has 0 amide bonds. The molecule has 0 aromatic rings. The second-order valence-corrected chi connectivity index (χ2v) is 2.95. The smallest absolute Gasteiger partial charge is 0.0436 e. The summed E-state index contributed by atoms with van der Waals surface area (Å²) in [4.78, 5) is 4.26. The Balaban J connectivity index is 2.09. The minimum atomic E-state index is 0.669. The fraction of sp³-hybridized carbons (Fsp3) is 0.625. The van der Waals surface area contributed by atoms with Crippen molar-refractivity contribution in [3.05, 3.63) is 12.3 Å². The Hall–Kier alpha value is -0.790. The van der Waals surface area contributed by atoms with E-state index in [1.165, 1.54) is 6.42 Å². The number of aliphatic imine (C=N–C) groups is 1. The van der Waals surface area contributed by atoms with Crippen LogP contribution in [-0.4, -0.2) is 18.8 Å². The number of rotatable bonds is 0. The highest BCUT2D eigenvalue weighted by molar-refractivity contribution is 5.59. The lowest BCUT2D eigenvalue weighted by Gasteiger charge is -2.30. The highest BCUT2D eigenvalue weighted by Gasteiger charge is 2.22. The van der Waals surface area contributed by atoms with Crippen molar-refractivity contribution in [1.82, 2.24) is 5.32 Å². The maximum Gasteiger partial charge on any atom is 0.0436 e. The minimum absolute atomic E-state index is 0.669. The van der Waals surface area contributed by atoms with Crippen molar-refractivity contribution in [3.8, 4) is 0 Å². The van der Waals surface area contributed by atoms with Gasteiger partial charge in [-0.2, -0.15) is 0 Å². The molecule has 2 aliphatic rings. The lowest BCUT2D eigenvalue weighted by Crippen LogP contribution is -2.39. The molecule has 0 spiro atoms. The molecule has 2 unspecified atom stereocenters. The monoisotopic (exact) mass is 136 g/mol. The fourth-order valence-electron chi connectivity index (χ4n) is 1.60. The number of hydrogen-bond acceptors (Lipinski definition) is 2. The van der Waals surface area contributed by atoms with Crippen molar-refractivity contribution >= 4 is 6.21 Å². The van der Waals surface area contributed by atoms with E-state index in [9.17, 15) is 0 Å². The predicted molar refractivity (Wildman–Crippen MR) is 42.1 cm³/mol. The summed E-state index contributed by atoms with van der Waals surface area (Å²) in [6.07, 6.45) is 8.61. The molecule has 10 heavy (non-hydrogen) atoms. The summed E-state index contributed by atoms with van der Waals surface area (Å²) in [5, 5.41) is 3.35. The van der Waals surface area contributed by atoms with E-state index >= 15 is 0 Å². The number of hydrogen-bond donors (Lipinski definition) is 1. The number of allylic oxidation sites excluding steroid dienone is 1. The first-order valence-electron chi connectivity index (χ1n) is 3.86. The average Bonchev–Trinajstić information content (AvgIpc) is 2.05. The highest BCUT2D eigenvalue weighted by atomic mass is 14.9. The molecule has 0 aromatic heterocycles. The van der Waals surface area contributed by atoms with Crippen molar-refractivity contribution in [2.75, 3.05) is 6.54 Å². The van der Waals surface area contributed by atoms with Gasteiger partial charge < -0.3 is 5.32 Å². The van der Waals surface area contributed by atoms with Crippen LogP contribution in [0.3, 0.4) is 0 Å². The zero-order valence-corrected chi connectivity index (χ0v) is 5.96. The van der Waals surface area contributed by atoms with Crippen LogP contribution in [0.1, 0.15) is 12.8 Å². The number of nitrogens with one attached hydrogen (secondary N) is 1. The summed E-state index contributed by atoms with van der Waals surface area (Å²) in [6.45, 7) is 1.02. The SMILES string of the molecule is C1=CNC2CC=NCC2C1. The Morgan fingerprint density at radius 2 is 2.40 bits per heavy atom. The van der Waals surface area contributed by atoms with Gasteiger partial charge in [-0.15, -0.1) is 0 Å². The first kappa shape index (κ1) is 5.96. The van der Waals surface area contributed by atoms with E-state index in [4.69, 9.17) is 0 Å². The molecular weight excluding hydrogens is 124 g/mol. The molecule has 0 fully saturated rings. The van der Waals surface area contributed by atoms with Crippen molar-refractivity contribution in [2.45, 2.75) is 18.9 Å². The van der Waals surface area contributed by atoms with Crippen LogP contribution < -0.4 is 5.32 Å². The zero-order valence-electron chi connectivity index (χ0n) is 5.96. The summed E-state index contributed by atoms with van der Waals surface area (Å²) in [5.74, 6) is 0.759. The molecule has 0 aromatic carbocycles. The van der Waals surface area contributed by atoms with Crippen LogP contribution in [0.2, 0.25) is 0 Å². The summed E-state index contributed by atoms with van der Waals surface area (Å²) in [6, 6.07) is 0.669. The standard InChI is InChI=1S/C8H12N2/c1-2-7-6-9-5-3-8(7)10-4-1/h1,4-5,7-8,10H,2-3,6H2. The molecule has 0 saturated carbocycles. The number of nitrogens with zero attached hydrogens (tertiary/aromatic N) is 1. The van der Waals surface area contributed by atoms with E-state index < -0.39 is 0 Å². The topological polar surface area (TPSA) is 24.4 Å². The number of fused-ring (bicyclic) bond motifs is 1. The van der Waals surface area contributed by atoms with Gasteiger partial charge in [-0.3, -0.25) is 4.99 Å². The highest BCUT2D eigenvalue weighted by Crippen LogP contribution is 2.19. The van der Waals surface area contributed by atoms with Gasteiger partial charge in [0.15, 0.2) is 0 Å². The Kier molecular flexibility index (Phi) is 1.46. The van der Waals surface area contributed by atoms with Crippen LogP contribution in [0.4, 0.5) is 0 Å². The minimum Gasteiger partial charge on any atom is -0.388 e. The molecule has 2 aliphatic heterocycles. The second-order valence-electron chi connectivity index (χ2n) is 2.95. The summed E-state index contributed by atoms with van der Waals surface area (Å²) < 4.78 is 0. The Morgan fingerprint density at radius 3 is 3.30 bits per heavy atom. The molecule has 1 N–H and O–H groups in total. The van der Waals surface area contributed by atoms with E-state index in [0.717, 1.165) is 18.9 Å². The van der Waals surface area contributed by atoms with Gasteiger partial charge in [-0.1, -0.05) is 6.08 Å². The van der Waals surface area contributed by atoms with E-state index in [2.05, 4.69) is 22.6 Å². The molecule has 2 heteroatoms. The quantitative estimate of drug-likeness (QED) is 0.527. The van der Waals surface area contributed by atoms with E-state index in [-0.39, 0.29) is 0 Å². The molecule has 2 atom stereocenters. The predicted octanol–water partition coefficient (Wildman–Crippen LogP) is 0.953. The van der Waals surface area contributed by atoms with Gasteiger partial charge in [0, 0.05) is 31.1 Å². The summed E-state index contributed by atoms with van der Waals surface area (Å²) in [5.41, 5.74) is 0. The largest absolute Gasteiger partial charge is 0.388 e. The average molecular weight is 136 g/mol. The van der Waals surface area contributed by atoms with Gasteiger partial charge >= 0.3 is 0 Å². The maximum atomic E-state index is 4.26. The van der Waals surface area contributed by atoms with Gasteiger partial charge in [0.05, 0.1) is 0 Å². The van der Waals surface area contributed by atoms with Crippen LogP contribution >= 0.6 is 0 Å². The molecule has 0 radical (unpaired) electrons. The molecular formula is C8H12N2. The molecule has 2 heterocycles. The third-order valence-electron chi connectivity index (χ3n) is 2.26. The Morgan fingerprint density at radius 1 is 1.40 bits per heavy atom.